The van der Waals surface area contributed by atoms with Gasteiger partial charge in [-0.15, -0.1) is 11.3 Å². The van der Waals surface area contributed by atoms with E-state index >= 15 is 0 Å². The second-order valence-corrected chi connectivity index (χ2v) is 3.30. The Balaban J connectivity index is 2.92. The van der Waals surface area contributed by atoms with E-state index < -0.39 is 0 Å². The minimum Gasteiger partial charge on any atom is -0.486 e. The number of thiophene rings is 1. The summed E-state index contributed by atoms with van der Waals surface area (Å²) in [7, 11) is 1.69. The molecule has 0 fully saturated rings. The van der Waals surface area contributed by atoms with Crippen LogP contribution in [-0.2, 0) is 0 Å². The maximum Gasteiger partial charge on any atom is 0.187 e. The van der Waals surface area contributed by atoms with E-state index in [1.54, 1.807) is 18.4 Å². The van der Waals surface area contributed by atoms with Crippen LogP contribution in [0.25, 0.3) is 0 Å². The monoisotopic (exact) mass is 240 g/mol. The predicted molar refractivity (Wildman–Crippen MR) is 43.6 cm³/mol. The first-order chi connectivity index (χ1) is 3.84. The molecule has 0 bridgehead atoms. The van der Waals surface area contributed by atoms with Gasteiger partial charge in [-0.1, -0.05) is 0 Å². The maximum atomic E-state index is 5.00. The van der Waals surface area contributed by atoms with Gasteiger partial charge in [-0.05, 0) is 34.0 Å². The largest absolute Gasteiger partial charge is 0.486 e. The lowest BCUT2D eigenvalue weighted by Crippen LogP contribution is -1.77. The maximum absolute atomic E-state index is 5.00. The Morgan fingerprint density at radius 2 is 2.50 bits per heavy atom. The molecule has 0 aliphatic rings. The van der Waals surface area contributed by atoms with E-state index in [2.05, 4.69) is 22.6 Å². The van der Waals surface area contributed by atoms with Crippen LogP contribution in [0.5, 0.6) is 5.06 Å². The fourth-order valence-corrected chi connectivity index (χ4v) is 2.06. The van der Waals surface area contributed by atoms with Crippen molar-refractivity contribution in [2.75, 3.05) is 7.11 Å². The summed E-state index contributed by atoms with van der Waals surface area (Å²) in [5.74, 6) is 0. The molecule has 3 heteroatoms. The molecule has 44 valence electrons. The molecule has 0 saturated heterocycles. The van der Waals surface area contributed by atoms with E-state index in [0.717, 1.165) is 5.06 Å². The van der Waals surface area contributed by atoms with Gasteiger partial charge in [0.25, 0.3) is 0 Å². The summed E-state index contributed by atoms with van der Waals surface area (Å²) < 4.78 is 6.19. The third kappa shape index (κ3) is 1.14. The Labute approximate surface area is 65.8 Å². The van der Waals surface area contributed by atoms with Gasteiger partial charge in [0, 0.05) is 0 Å². The van der Waals surface area contributed by atoms with Gasteiger partial charge < -0.3 is 4.74 Å². The molecule has 0 unspecified atom stereocenters. The Hall–Kier alpha value is 0.230. The highest BCUT2D eigenvalue weighted by Gasteiger charge is 1.96. The molecule has 0 aromatic carbocycles. The quantitative estimate of drug-likeness (QED) is 0.684. The molecule has 0 atom stereocenters. The number of ether oxygens (including phenoxy) is 1. The van der Waals surface area contributed by atoms with Crippen molar-refractivity contribution in [1.29, 1.82) is 0 Å². The second kappa shape index (κ2) is 2.68. The molecular formula is C5H5IOS. The van der Waals surface area contributed by atoms with Crippen molar-refractivity contribution >= 4 is 33.9 Å². The molecule has 1 heterocycles. The van der Waals surface area contributed by atoms with Crippen molar-refractivity contribution in [2.45, 2.75) is 0 Å². The van der Waals surface area contributed by atoms with Crippen LogP contribution in [0, 0.1) is 3.57 Å². The lowest BCUT2D eigenvalue weighted by atomic mass is 10.7. The Morgan fingerprint density at radius 1 is 1.75 bits per heavy atom. The SMILES string of the molecule is COc1sccc1I. The van der Waals surface area contributed by atoms with E-state index in [1.165, 1.54) is 3.57 Å². The summed E-state index contributed by atoms with van der Waals surface area (Å²) >= 11 is 3.86. The highest BCUT2D eigenvalue weighted by molar-refractivity contribution is 14.1. The van der Waals surface area contributed by atoms with Crippen LogP contribution in [0.2, 0.25) is 0 Å². The van der Waals surface area contributed by atoms with E-state index in [0.29, 0.717) is 0 Å². The molecule has 0 aliphatic heterocycles. The van der Waals surface area contributed by atoms with Crippen molar-refractivity contribution in [3.05, 3.63) is 15.0 Å². The standard InChI is InChI=1S/C5H5IOS/c1-7-5-4(6)2-3-8-5/h2-3H,1H3. The summed E-state index contributed by atoms with van der Waals surface area (Å²) in [6.07, 6.45) is 0. The topological polar surface area (TPSA) is 9.23 Å². The summed E-state index contributed by atoms with van der Waals surface area (Å²) in [5.41, 5.74) is 0. The Morgan fingerprint density at radius 3 is 2.75 bits per heavy atom. The first-order valence-electron chi connectivity index (χ1n) is 2.11. The molecule has 0 aliphatic carbocycles. The number of rotatable bonds is 1. The van der Waals surface area contributed by atoms with Crippen LogP contribution in [-0.4, -0.2) is 7.11 Å². The highest BCUT2D eigenvalue weighted by atomic mass is 127. The van der Waals surface area contributed by atoms with Gasteiger partial charge in [0.15, 0.2) is 5.06 Å². The van der Waals surface area contributed by atoms with Gasteiger partial charge in [-0.3, -0.25) is 0 Å². The van der Waals surface area contributed by atoms with Crippen molar-refractivity contribution in [1.82, 2.24) is 0 Å². The van der Waals surface area contributed by atoms with Crippen LogP contribution < -0.4 is 4.74 Å². The normalized spacial score (nSPS) is 9.25. The minimum atomic E-state index is 1.01. The zero-order valence-corrected chi connectivity index (χ0v) is 7.32. The molecule has 0 saturated carbocycles. The van der Waals surface area contributed by atoms with Crippen LogP contribution in [0.4, 0.5) is 0 Å². The smallest absolute Gasteiger partial charge is 0.187 e. The third-order valence-electron chi connectivity index (χ3n) is 0.770. The van der Waals surface area contributed by atoms with E-state index in [1.807, 2.05) is 11.4 Å². The lowest BCUT2D eigenvalue weighted by molar-refractivity contribution is 0.424. The molecule has 1 aromatic rings. The predicted octanol–water partition coefficient (Wildman–Crippen LogP) is 2.36. The average Bonchev–Trinajstić information content (AvgIpc) is 2.14. The van der Waals surface area contributed by atoms with E-state index in [-0.39, 0.29) is 0 Å². The van der Waals surface area contributed by atoms with Gasteiger partial charge in [0.1, 0.15) is 0 Å². The molecule has 0 radical (unpaired) electrons. The van der Waals surface area contributed by atoms with Crippen molar-refractivity contribution in [2.24, 2.45) is 0 Å². The summed E-state index contributed by atoms with van der Waals surface area (Å²) in [6.45, 7) is 0. The molecule has 1 aromatic heterocycles. The fourth-order valence-electron chi connectivity index (χ4n) is 0.426. The number of hydrogen-bond donors (Lipinski definition) is 0. The molecule has 0 spiro atoms. The third-order valence-corrected chi connectivity index (χ3v) is 2.86. The molecule has 0 N–H and O–H groups in total. The average molecular weight is 240 g/mol. The van der Waals surface area contributed by atoms with Gasteiger partial charge in [0.05, 0.1) is 10.7 Å². The van der Waals surface area contributed by atoms with Crippen molar-refractivity contribution < 1.29 is 4.74 Å². The molecule has 1 rings (SSSR count). The van der Waals surface area contributed by atoms with E-state index in [9.17, 15) is 0 Å². The molecule has 1 nitrogen and oxygen atoms in total. The summed E-state index contributed by atoms with van der Waals surface area (Å²) in [6, 6.07) is 2.03. The van der Waals surface area contributed by atoms with Gasteiger partial charge in [0.2, 0.25) is 0 Å². The second-order valence-electron chi connectivity index (χ2n) is 1.26. The minimum absolute atomic E-state index is 1.01. The van der Waals surface area contributed by atoms with Crippen LogP contribution in [0.15, 0.2) is 11.4 Å². The van der Waals surface area contributed by atoms with Gasteiger partial charge in [-0.25, -0.2) is 0 Å². The highest BCUT2D eigenvalue weighted by Crippen LogP contribution is 2.26. The molecular weight excluding hydrogens is 235 g/mol. The Bertz CT molecular complexity index is 173. The lowest BCUT2D eigenvalue weighted by Gasteiger charge is -1.90. The Kier molecular flexibility index (Phi) is 2.13. The van der Waals surface area contributed by atoms with Gasteiger partial charge >= 0.3 is 0 Å². The van der Waals surface area contributed by atoms with Crippen molar-refractivity contribution in [3.8, 4) is 5.06 Å². The zero-order valence-electron chi connectivity index (χ0n) is 4.35. The number of hydrogen-bond acceptors (Lipinski definition) is 2. The summed E-state index contributed by atoms with van der Waals surface area (Å²) in [5, 5.41) is 3.02. The van der Waals surface area contributed by atoms with Crippen LogP contribution in [0.1, 0.15) is 0 Å². The van der Waals surface area contributed by atoms with E-state index in [4.69, 9.17) is 4.74 Å². The van der Waals surface area contributed by atoms with Crippen molar-refractivity contribution in [3.63, 3.8) is 0 Å². The van der Waals surface area contributed by atoms with Crippen LogP contribution >= 0.6 is 33.9 Å². The molecule has 0 amide bonds. The first-order valence-corrected chi connectivity index (χ1v) is 4.07. The fraction of sp³-hybridized carbons (Fsp3) is 0.200. The first kappa shape index (κ1) is 6.35. The van der Waals surface area contributed by atoms with Crippen LogP contribution in [0.3, 0.4) is 0 Å². The van der Waals surface area contributed by atoms with Gasteiger partial charge in [-0.2, -0.15) is 0 Å². The number of methoxy groups -OCH3 is 1. The number of halogens is 1. The molecule has 8 heavy (non-hydrogen) atoms. The summed E-state index contributed by atoms with van der Waals surface area (Å²) in [4.78, 5) is 0. The zero-order chi connectivity index (χ0) is 5.98.